The normalized spacial score (nSPS) is 26.7. The van der Waals surface area contributed by atoms with E-state index >= 15 is 0 Å². The molecule has 2 rings (SSSR count). The highest BCUT2D eigenvalue weighted by molar-refractivity contribution is 6.18. The Bertz CT molecular complexity index is 368. The molecular formula is C16H23ClO2. The summed E-state index contributed by atoms with van der Waals surface area (Å²) < 4.78 is 11.4. The van der Waals surface area contributed by atoms with E-state index in [1.54, 1.807) is 0 Å². The smallest absolute Gasteiger partial charge is 0.0716 e. The van der Waals surface area contributed by atoms with E-state index in [1.807, 2.05) is 18.2 Å². The molecule has 0 N–H and O–H groups in total. The topological polar surface area (TPSA) is 18.5 Å². The van der Waals surface area contributed by atoms with Gasteiger partial charge in [0.25, 0.3) is 0 Å². The van der Waals surface area contributed by atoms with Crippen molar-refractivity contribution in [3.8, 4) is 0 Å². The summed E-state index contributed by atoms with van der Waals surface area (Å²) in [6.07, 6.45) is 3.50. The Morgan fingerprint density at radius 3 is 2.79 bits per heavy atom. The van der Waals surface area contributed by atoms with E-state index in [9.17, 15) is 0 Å². The molecule has 1 aromatic rings. The first-order valence-electron chi connectivity index (χ1n) is 7.06. The Kier molecular flexibility index (Phi) is 5.68. The first-order valence-corrected chi connectivity index (χ1v) is 7.59. The van der Waals surface area contributed by atoms with E-state index < -0.39 is 0 Å². The molecule has 2 unspecified atom stereocenters. The average Bonchev–Trinajstić information content (AvgIpc) is 2.81. The number of hydrogen-bond donors (Lipinski definition) is 0. The summed E-state index contributed by atoms with van der Waals surface area (Å²) in [4.78, 5) is 0. The highest BCUT2D eigenvalue weighted by Crippen LogP contribution is 2.40. The lowest BCUT2D eigenvalue weighted by Gasteiger charge is -2.29. The molecule has 1 fully saturated rings. The lowest BCUT2D eigenvalue weighted by atomic mass is 9.79. The van der Waals surface area contributed by atoms with Crippen LogP contribution in [-0.4, -0.2) is 25.2 Å². The minimum atomic E-state index is 0.164. The van der Waals surface area contributed by atoms with Crippen LogP contribution < -0.4 is 0 Å². The van der Waals surface area contributed by atoms with Gasteiger partial charge in [-0.25, -0.2) is 0 Å². The van der Waals surface area contributed by atoms with Gasteiger partial charge in [-0.2, -0.15) is 0 Å². The SMILES string of the molecule is CC1OCCC1(CCl)CCCOCc1ccccc1. The van der Waals surface area contributed by atoms with Gasteiger partial charge >= 0.3 is 0 Å². The largest absolute Gasteiger partial charge is 0.378 e. The first kappa shape index (κ1) is 14.8. The molecule has 0 radical (unpaired) electrons. The summed E-state index contributed by atoms with van der Waals surface area (Å²) in [7, 11) is 0. The average molecular weight is 283 g/mol. The van der Waals surface area contributed by atoms with Gasteiger partial charge in [-0.1, -0.05) is 30.3 Å². The molecule has 0 spiro atoms. The molecule has 19 heavy (non-hydrogen) atoms. The van der Waals surface area contributed by atoms with E-state index in [-0.39, 0.29) is 11.5 Å². The Labute approximate surface area is 121 Å². The number of benzene rings is 1. The molecule has 1 aliphatic rings. The van der Waals surface area contributed by atoms with E-state index in [1.165, 1.54) is 5.56 Å². The fourth-order valence-corrected chi connectivity index (χ4v) is 3.16. The Morgan fingerprint density at radius 2 is 2.16 bits per heavy atom. The summed E-state index contributed by atoms with van der Waals surface area (Å²) in [6.45, 7) is 4.47. The highest BCUT2D eigenvalue weighted by atomic mass is 35.5. The standard InChI is InChI=1S/C16H23ClO2/c1-14-16(13-17,9-11-19-14)8-5-10-18-12-15-6-3-2-4-7-15/h2-4,6-7,14H,5,8-13H2,1H3. The molecule has 3 heteroatoms. The van der Waals surface area contributed by atoms with Crippen molar-refractivity contribution in [2.75, 3.05) is 19.1 Å². The Morgan fingerprint density at radius 1 is 1.37 bits per heavy atom. The maximum Gasteiger partial charge on any atom is 0.0716 e. The maximum atomic E-state index is 6.15. The molecule has 106 valence electrons. The molecule has 1 heterocycles. The van der Waals surface area contributed by atoms with Gasteiger partial charge in [-0.05, 0) is 31.7 Å². The summed E-state index contributed by atoms with van der Waals surface area (Å²) in [5.41, 5.74) is 1.39. The van der Waals surface area contributed by atoms with Crippen LogP contribution in [0.2, 0.25) is 0 Å². The van der Waals surface area contributed by atoms with Gasteiger partial charge in [0, 0.05) is 24.5 Å². The van der Waals surface area contributed by atoms with Gasteiger partial charge in [-0.3, -0.25) is 0 Å². The van der Waals surface area contributed by atoms with Crippen LogP contribution in [0.4, 0.5) is 0 Å². The number of hydrogen-bond acceptors (Lipinski definition) is 2. The van der Waals surface area contributed by atoms with Gasteiger partial charge in [0.15, 0.2) is 0 Å². The Hall–Kier alpha value is -0.570. The molecule has 2 nitrogen and oxygen atoms in total. The third-order valence-electron chi connectivity index (χ3n) is 4.17. The number of halogens is 1. The van der Waals surface area contributed by atoms with Gasteiger partial charge in [0.05, 0.1) is 12.7 Å². The molecule has 2 atom stereocenters. The fourth-order valence-electron chi connectivity index (χ4n) is 2.68. The van der Waals surface area contributed by atoms with Crippen molar-refractivity contribution in [3.63, 3.8) is 0 Å². The van der Waals surface area contributed by atoms with Crippen molar-refractivity contribution < 1.29 is 9.47 Å². The number of rotatable bonds is 7. The zero-order valence-corrected chi connectivity index (χ0v) is 12.4. The van der Waals surface area contributed by atoms with Crippen molar-refractivity contribution in [3.05, 3.63) is 35.9 Å². The van der Waals surface area contributed by atoms with Crippen molar-refractivity contribution in [1.29, 1.82) is 0 Å². The second-order valence-electron chi connectivity index (χ2n) is 5.40. The molecule has 0 aliphatic carbocycles. The van der Waals surface area contributed by atoms with E-state index in [4.69, 9.17) is 21.1 Å². The zero-order chi connectivity index (χ0) is 13.6. The van der Waals surface area contributed by atoms with Crippen LogP contribution in [0.25, 0.3) is 0 Å². The van der Waals surface area contributed by atoms with Gasteiger partial charge in [-0.15, -0.1) is 11.6 Å². The fraction of sp³-hybridized carbons (Fsp3) is 0.625. The molecule has 0 aromatic heterocycles. The minimum Gasteiger partial charge on any atom is -0.378 e. The second kappa shape index (κ2) is 7.28. The van der Waals surface area contributed by atoms with Gasteiger partial charge in [0.1, 0.15) is 0 Å². The predicted molar refractivity (Wildman–Crippen MR) is 78.5 cm³/mol. The summed E-state index contributed by atoms with van der Waals surface area (Å²) in [6, 6.07) is 10.3. The van der Waals surface area contributed by atoms with Crippen LogP contribution >= 0.6 is 11.6 Å². The second-order valence-corrected chi connectivity index (χ2v) is 5.67. The summed E-state index contributed by atoms with van der Waals surface area (Å²) in [5.74, 6) is 0.687. The third kappa shape index (κ3) is 3.95. The van der Waals surface area contributed by atoms with Gasteiger partial charge < -0.3 is 9.47 Å². The molecule has 1 aromatic carbocycles. The van der Waals surface area contributed by atoms with Crippen LogP contribution in [0.1, 0.15) is 31.7 Å². The van der Waals surface area contributed by atoms with Crippen LogP contribution in [0.15, 0.2) is 30.3 Å². The van der Waals surface area contributed by atoms with E-state index in [0.29, 0.717) is 12.5 Å². The lowest BCUT2D eigenvalue weighted by molar-refractivity contribution is 0.0580. The van der Waals surface area contributed by atoms with E-state index in [2.05, 4.69) is 19.1 Å². The summed E-state index contributed by atoms with van der Waals surface area (Å²) >= 11 is 6.15. The lowest BCUT2D eigenvalue weighted by Crippen LogP contribution is -2.31. The molecular weight excluding hydrogens is 260 g/mol. The van der Waals surface area contributed by atoms with Crippen LogP contribution in [0.3, 0.4) is 0 Å². The highest BCUT2D eigenvalue weighted by Gasteiger charge is 2.40. The van der Waals surface area contributed by atoms with Crippen molar-refractivity contribution in [2.24, 2.45) is 5.41 Å². The molecule has 1 aliphatic heterocycles. The number of alkyl halides is 1. The van der Waals surface area contributed by atoms with Gasteiger partial charge in [0.2, 0.25) is 0 Å². The van der Waals surface area contributed by atoms with Crippen LogP contribution in [0, 0.1) is 5.41 Å². The minimum absolute atomic E-state index is 0.164. The van der Waals surface area contributed by atoms with Crippen LogP contribution in [0.5, 0.6) is 0 Å². The van der Waals surface area contributed by atoms with Crippen molar-refractivity contribution >= 4 is 11.6 Å². The first-order chi connectivity index (χ1) is 9.27. The zero-order valence-electron chi connectivity index (χ0n) is 11.6. The van der Waals surface area contributed by atoms with Crippen LogP contribution in [-0.2, 0) is 16.1 Å². The summed E-state index contributed by atoms with van der Waals surface area (Å²) in [5, 5.41) is 0. The molecule has 0 saturated carbocycles. The maximum absolute atomic E-state index is 6.15. The Balaban J connectivity index is 1.66. The molecule has 0 amide bonds. The quantitative estimate of drug-likeness (QED) is 0.555. The van der Waals surface area contributed by atoms with Crippen molar-refractivity contribution in [2.45, 2.75) is 38.9 Å². The monoisotopic (exact) mass is 282 g/mol. The molecule has 1 saturated heterocycles. The van der Waals surface area contributed by atoms with E-state index in [0.717, 1.165) is 32.5 Å². The molecule has 0 bridgehead atoms. The number of ether oxygens (including phenoxy) is 2. The third-order valence-corrected chi connectivity index (χ3v) is 4.70. The van der Waals surface area contributed by atoms with Crippen molar-refractivity contribution in [1.82, 2.24) is 0 Å². The predicted octanol–water partition coefficient (Wildman–Crippen LogP) is 4.02.